The van der Waals surface area contributed by atoms with Gasteiger partial charge in [0.2, 0.25) is 0 Å². The van der Waals surface area contributed by atoms with Crippen LogP contribution < -0.4 is 0 Å². The van der Waals surface area contributed by atoms with E-state index in [4.69, 9.17) is 14.2 Å². The fourth-order valence-electron chi connectivity index (χ4n) is 8.63. The normalized spacial score (nSPS) is 12.9. The van der Waals surface area contributed by atoms with Gasteiger partial charge in [0.05, 0.1) is 0 Å². The van der Waals surface area contributed by atoms with E-state index in [1.165, 1.54) is 205 Å². The molecule has 2 unspecified atom stereocenters. The van der Waals surface area contributed by atoms with Crippen LogP contribution in [-0.4, -0.2) is 37.2 Å². The molecule has 0 saturated heterocycles. The molecule has 0 spiro atoms. The summed E-state index contributed by atoms with van der Waals surface area (Å²) in [7, 11) is 0. The van der Waals surface area contributed by atoms with E-state index in [9.17, 15) is 14.4 Å². The Bertz CT molecular complexity index is 966. The van der Waals surface area contributed by atoms with E-state index in [1.807, 2.05) is 0 Å². The van der Waals surface area contributed by atoms with Gasteiger partial charge in [0, 0.05) is 19.3 Å². The molecule has 0 amide bonds. The molecular formula is C57H110O6. The molecule has 0 rings (SSSR count). The van der Waals surface area contributed by atoms with Crippen LogP contribution in [0.4, 0.5) is 0 Å². The molecule has 0 aliphatic rings. The maximum Gasteiger partial charge on any atom is 0.306 e. The third kappa shape index (κ3) is 48.2. The van der Waals surface area contributed by atoms with E-state index >= 15 is 0 Å². The van der Waals surface area contributed by atoms with Crippen LogP contribution in [0.2, 0.25) is 0 Å². The summed E-state index contributed by atoms with van der Waals surface area (Å²) < 4.78 is 16.8. The second-order valence-electron chi connectivity index (χ2n) is 20.1. The highest BCUT2D eigenvalue weighted by Crippen LogP contribution is 2.19. The van der Waals surface area contributed by atoms with Crippen molar-refractivity contribution < 1.29 is 28.6 Å². The highest BCUT2D eigenvalue weighted by molar-refractivity contribution is 5.71. The first kappa shape index (κ1) is 61.4. The summed E-state index contributed by atoms with van der Waals surface area (Å²) in [5.74, 6) is 0.873. The van der Waals surface area contributed by atoms with Gasteiger partial charge in [-0.15, -0.1) is 0 Å². The van der Waals surface area contributed by atoms with Crippen LogP contribution in [0.5, 0.6) is 0 Å². The van der Waals surface area contributed by atoms with Gasteiger partial charge in [-0.1, -0.05) is 279 Å². The van der Waals surface area contributed by atoms with Gasteiger partial charge in [-0.2, -0.15) is 0 Å². The SMILES string of the molecule is CCCCCCCCCCCCCCCC(=O)OC[C@H](COC(=O)CCCCCCCCCCCCCCCCCCCCC(C)CC)OC(=O)CCCCCCCCC(C)CC. The highest BCUT2D eigenvalue weighted by Gasteiger charge is 2.19. The van der Waals surface area contributed by atoms with Crippen molar-refractivity contribution in [3.05, 3.63) is 0 Å². The summed E-state index contributed by atoms with van der Waals surface area (Å²) in [5, 5.41) is 0. The summed E-state index contributed by atoms with van der Waals surface area (Å²) in [6.45, 7) is 11.4. The average molecular weight is 892 g/mol. The number of hydrogen-bond donors (Lipinski definition) is 0. The van der Waals surface area contributed by atoms with Crippen molar-refractivity contribution in [3.63, 3.8) is 0 Å². The molecule has 6 heteroatoms. The average Bonchev–Trinajstić information content (AvgIpc) is 3.28. The molecule has 6 nitrogen and oxygen atoms in total. The van der Waals surface area contributed by atoms with Gasteiger partial charge in [-0.25, -0.2) is 0 Å². The van der Waals surface area contributed by atoms with Crippen molar-refractivity contribution in [3.8, 4) is 0 Å². The summed E-state index contributed by atoms with van der Waals surface area (Å²) in [6, 6.07) is 0. The van der Waals surface area contributed by atoms with Gasteiger partial charge in [0.1, 0.15) is 13.2 Å². The van der Waals surface area contributed by atoms with E-state index in [0.717, 1.165) is 69.6 Å². The lowest BCUT2D eigenvalue weighted by atomic mass is 9.99. The Hall–Kier alpha value is -1.59. The number of rotatable bonds is 51. The van der Waals surface area contributed by atoms with Gasteiger partial charge in [0.15, 0.2) is 6.10 Å². The zero-order valence-corrected chi connectivity index (χ0v) is 43.2. The fraction of sp³-hybridized carbons (Fsp3) is 0.947. The maximum absolute atomic E-state index is 12.8. The molecule has 0 bridgehead atoms. The highest BCUT2D eigenvalue weighted by atomic mass is 16.6. The van der Waals surface area contributed by atoms with E-state index in [0.29, 0.717) is 19.3 Å². The zero-order chi connectivity index (χ0) is 46.1. The Kier molecular flexibility index (Phi) is 48.6. The second kappa shape index (κ2) is 49.8. The number of carbonyl (C=O) groups excluding carboxylic acids is 3. The van der Waals surface area contributed by atoms with Crippen molar-refractivity contribution in [2.24, 2.45) is 11.8 Å². The molecule has 374 valence electrons. The van der Waals surface area contributed by atoms with E-state index < -0.39 is 6.10 Å². The smallest absolute Gasteiger partial charge is 0.306 e. The predicted molar refractivity (Wildman–Crippen MR) is 270 cm³/mol. The Morgan fingerprint density at radius 3 is 0.825 bits per heavy atom. The van der Waals surface area contributed by atoms with Crippen LogP contribution in [0.3, 0.4) is 0 Å². The lowest BCUT2D eigenvalue weighted by molar-refractivity contribution is -0.167. The molecule has 0 aromatic heterocycles. The largest absolute Gasteiger partial charge is 0.462 e. The molecular weight excluding hydrogens is 781 g/mol. The van der Waals surface area contributed by atoms with Gasteiger partial charge in [0.25, 0.3) is 0 Å². The molecule has 3 atom stereocenters. The molecule has 0 aromatic rings. The van der Waals surface area contributed by atoms with Crippen LogP contribution in [0.15, 0.2) is 0 Å². The Balaban J connectivity index is 4.18. The second-order valence-corrected chi connectivity index (χ2v) is 20.1. The number of hydrogen-bond acceptors (Lipinski definition) is 6. The number of unbranched alkanes of at least 4 members (excludes halogenated alkanes) is 34. The molecule has 63 heavy (non-hydrogen) atoms. The molecule has 0 aliphatic carbocycles. The third-order valence-electron chi connectivity index (χ3n) is 13.7. The number of carbonyl (C=O) groups is 3. The summed E-state index contributed by atoms with van der Waals surface area (Å²) in [4.78, 5) is 38.0. The monoisotopic (exact) mass is 891 g/mol. The van der Waals surface area contributed by atoms with Crippen molar-refractivity contribution >= 4 is 17.9 Å². The molecule has 0 aliphatic heterocycles. The van der Waals surface area contributed by atoms with Gasteiger partial charge < -0.3 is 14.2 Å². The molecule has 0 heterocycles. The minimum atomic E-state index is -0.762. The topological polar surface area (TPSA) is 78.9 Å². The van der Waals surface area contributed by atoms with Crippen molar-refractivity contribution in [2.45, 2.75) is 323 Å². The molecule has 0 fully saturated rings. The summed E-state index contributed by atoms with van der Waals surface area (Å²) >= 11 is 0. The van der Waals surface area contributed by atoms with Crippen molar-refractivity contribution in [1.29, 1.82) is 0 Å². The first-order chi connectivity index (χ1) is 30.8. The minimum absolute atomic E-state index is 0.0640. The lowest BCUT2D eigenvalue weighted by Gasteiger charge is -2.18. The summed E-state index contributed by atoms with van der Waals surface area (Å²) in [5.41, 5.74) is 0. The first-order valence-corrected chi connectivity index (χ1v) is 28.3. The molecule has 0 saturated carbocycles. The fourth-order valence-corrected chi connectivity index (χ4v) is 8.63. The van der Waals surface area contributed by atoms with Crippen LogP contribution >= 0.6 is 0 Å². The van der Waals surface area contributed by atoms with Crippen molar-refractivity contribution in [1.82, 2.24) is 0 Å². The first-order valence-electron chi connectivity index (χ1n) is 28.3. The van der Waals surface area contributed by atoms with E-state index in [2.05, 4.69) is 34.6 Å². The molecule has 0 aromatic carbocycles. The van der Waals surface area contributed by atoms with Gasteiger partial charge in [-0.3, -0.25) is 14.4 Å². The number of esters is 3. The standard InChI is InChI=1S/C57H110O6/c1-6-9-10-11-12-13-14-21-25-28-31-37-42-47-55(58)61-50-54(63-57(60)49-44-39-34-33-36-41-46-53(5)8-3)51-62-56(59)48-43-38-32-29-26-23-20-18-16-15-17-19-22-24-27-30-35-40-45-52(4)7-2/h52-54H,6-51H2,1-5H3/t52?,53?,54-/m1/s1. The Morgan fingerprint density at radius 2 is 0.556 bits per heavy atom. The van der Waals surface area contributed by atoms with E-state index in [1.54, 1.807) is 0 Å². The van der Waals surface area contributed by atoms with Crippen LogP contribution in [0.1, 0.15) is 317 Å². The quantitative estimate of drug-likeness (QED) is 0.0344. The van der Waals surface area contributed by atoms with Crippen LogP contribution in [-0.2, 0) is 28.6 Å². The van der Waals surface area contributed by atoms with Crippen LogP contribution in [0, 0.1) is 11.8 Å². The Labute approximate surface area is 393 Å². The number of ether oxygens (including phenoxy) is 3. The van der Waals surface area contributed by atoms with Gasteiger partial charge in [-0.05, 0) is 31.1 Å². The lowest BCUT2D eigenvalue weighted by Crippen LogP contribution is -2.30. The van der Waals surface area contributed by atoms with Gasteiger partial charge >= 0.3 is 17.9 Å². The molecule has 0 N–H and O–H groups in total. The van der Waals surface area contributed by atoms with E-state index in [-0.39, 0.29) is 31.1 Å². The minimum Gasteiger partial charge on any atom is -0.462 e. The predicted octanol–water partition coefficient (Wildman–Crippen LogP) is 18.5. The maximum atomic E-state index is 12.8. The zero-order valence-electron chi connectivity index (χ0n) is 43.2. The van der Waals surface area contributed by atoms with Crippen molar-refractivity contribution in [2.75, 3.05) is 13.2 Å². The Morgan fingerprint density at radius 1 is 0.317 bits per heavy atom. The molecule has 0 radical (unpaired) electrons. The third-order valence-corrected chi connectivity index (χ3v) is 13.7. The van der Waals surface area contributed by atoms with Crippen LogP contribution in [0.25, 0.3) is 0 Å². The summed E-state index contributed by atoms with van der Waals surface area (Å²) in [6.07, 6.45) is 52.4.